The van der Waals surface area contributed by atoms with Crippen LogP contribution in [0.3, 0.4) is 0 Å². The van der Waals surface area contributed by atoms with Crippen LogP contribution in [0, 0.1) is 5.82 Å². The quantitative estimate of drug-likeness (QED) is 0.760. The number of ether oxygens (including phenoxy) is 1. The Morgan fingerprint density at radius 3 is 2.94 bits per heavy atom. The van der Waals surface area contributed by atoms with Crippen molar-refractivity contribution in [2.45, 2.75) is 19.8 Å². The molecule has 0 spiro atoms. The van der Waals surface area contributed by atoms with Gasteiger partial charge in [0.05, 0.1) is 0 Å². The van der Waals surface area contributed by atoms with Crippen LogP contribution in [0.15, 0.2) is 29.8 Å². The number of likely N-dealkylation sites (N-methyl/N-ethyl adjacent to an activating group) is 1. The Labute approximate surface area is 108 Å². The molecule has 0 unspecified atom stereocenters. The standard InChI is InChI=1S/C15H20FNO/c1-3-13-9-14(16)6-7-15(13)18-11-12-5-4-8-17(2)10-12/h5-7,9H,3-4,8,10-11H2,1-2H3. The Morgan fingerprint density at radius 2 is 2.22 bits per heavy atom. The molecule has 0 saturated heterocycles. The minimum absolute atomic E-state index is 0.198. The van der Waals surface area contributed by atoms with E-state index in [0.29, 0.717) is 6.61 Å². The van der Waals surface area contributed by atoms with Gasteiger partial charge in [-0.25, -0.2) is 4.39 Å². The van der Waals surface area contributed by atoms with Gasteiger partial charge in [0.1, 0.15) is 18.2 Å². The number of aryl methyl sites for hydroxylation is 1. The van der Waals surface area contributed by atoms with E-state index >= 15 is 0 Å². The predicted octanol–water partition coefficient (Wildman–Crippen LogP) is 3.03. The van der Waals surface area contributed by atoms with Crippen LogP contribution in [0.5, 0.6) is 5.75 Å². The van der Waals surface area contributed by atoms with Crippen molar-refractivity contribution in [3.05, 3.63) is 41.2 Å². The van der Waals surface area contributed by atoms with Gasteiger partial charge in [-0.05, 0) is 49.2 Å². The lowest BCUT2D eigenvalue weighted by atomic mass is 10.1. The molecule has 0 atom stereocenters. The maximum absolute atomic E-state index is 13.1. The highest BCUT2D eigenvalue weighted by Crippen LogP contribution is 2.21. The average molecular weight is 249 g/mol. The molecule has 1 aliphatic rings. The molecular weight excluding hydrogens is 229 g/mol. The fourth-order valence-electron chi connectivity index (χ4n) is 2.22. The van der Waals surface area contributed by atoms with Gasteiger partial charge in [0.25, 0.3) is 0 Å². The third-order valence-electron chi connectivity index (χ3n) is 3.23. The van der Waals surface area contributed by atoms with Crippen molar-refractivity contribution in [2.75, 3.05) is 26.7 Å². The Kier molecular flexibility index (Phi) is 4.37. The monoisotopic (exact) mass is 249 g/mol. The summed E-state index contributed by atoms with van der Waals surface area (Å²) in [5.74, 6) is 0.601. The lowest BCUT2D eigenvalue weighted by molar-refractivity contribution is 0.300. The maximum Gasteiger partial charge on any atom is 0.123 e. The second-order valence-electron chi connectivity index (χ2n) is 4.78. The molecule has 1 aromatic carbocycles. The first-order valence-electron chi connectivity index (χ1n) is 6.46. The van der Waals surface area contributed by atoms with Crippen molar-refractivity contribution < 1.29 is 9.13 Å². The molecular formula is C15H20FNO. The normalized spacial score (nSPS) is 16.5. The number of nitrogens with zero attached hydrogens (tertiary/aromatic N) is 1. The molecule has 0 fully saturated rings. The number of hydrogen-bond donors (Lipinski definition) is 0. The Morgan fingerprint density at radius 1 is 1.39 bits per heavy atom. The minimum Gasteiger partial charge on any atom is -0.489 e. The SMILES string of the molecule is CCc1cc(F)ccc1OCC1=CCCN(C)C1. The van der Waals surface area contributed by atoms with Crippen molar-refractivity contribution >= 4 is 0 Å². The van der Waals surface area contributed by atoms with Crippen LogP contribution in [0.25, 0.3) is 0 Å². The highest BCUT2D eigenvalue weighted by Gasteiger charge is 2.10. The highest BCUT2D eigenvalue weighted by atomic mass is 19.1. The topological polar surface area (TPSA) is 12.5 Å². The van der Waals surface area contributed by atoms with Gasteiger partial charge in [0, 0.05) is 13.1 Å². The molecule has 3 heteroatoms. The van der Waals surface area contributed by atoms with Crippen molar-refractivity contribution in [1.29, 1.82) is 0 Å². The third kappa shape index (κ3) is 3.33. The summed E-state index contributed by atoms with van der Waals surface area (Å²) < 4.78 is 18.9. The van der Waals surface area contributed by atoms with Crippen molar-refractivity contribution in [1.82, 2.24) is 4.90 Å². The molecule has 0 N–H and O–H groups in total. The van der Waals surface area contributed by atoms with E-state index in [2.05, 4.69) is 18.0 Å². The molecule has 0 aliphatic carbocycles. The Bertz CT molecular complexity index is 442. The van der Waals surface area contributed by atoms with Crippen LogP contribution in [-0.2, 0) is 6.42 Å². The molecule has 1 heterocycles. The lowest BCUT2D eigenvalue weighted by Crippen LogP contribution is -2.27. The summed E-state index contributed by atoms with van der Waals surface area (Å²) in [7, 11) is 2.11. The van der Waals surface area contributed by atoms with Gasteiger partial charge in [-0.1, -0.05) is 13.0 Å². The lowest BCUT2D eigenvalue weighted by Gasteiger charge is -2.23. The summed E-state index contributed by atoms with van der Waals surface area (Å²) in [6, 6.07) is 4.73. The van der Waals surface area contributed by atoms with Crippen molar-refractivity contribution in [3.8, 4) is 5.75 Å². The number of halogens is 1. The molecule has 2 nitrogen and oxygen atoms in total. The number of rotatable bonds is 4. The van der Waals surface area contributed by atoms with Crippen LogP contribution in [0.2, 0.25) is 0 Å². The number of benzene rings is 1. The fraction of sp³-hybridized carbons (Fsp3) is 0.467. The first kappa shape index (κ1) is 13.1. The molecule has 0 radical (unpaired) electrons. The molecule has 0 bridgehead atoms. The summed E-state index contributed by atoms with van der Waals surface area (Å²) in [5, 5.41) is 0. The van der Waals surface area contributed by atoms with E-state index in [4.69, 9.17) is 4.74 Å². The molecule has 18 heavy (non-hydrogen) atoms. The van der Waals surface area contributed by atoms with Gasteiger partial charge in [-0.2, -0.15) is 0 Å². The molecule has 1 aromatic rings. The third-order valence-corrected chi connectivity index (χ3v) is 3.23. The summed E-state index contributed by atoms with van der Waals surface area (Å²) in [6.45, 7) is 4.68. The second kappa shape index (κ2) is 6.01. The van der Waals surface area contributed by atoms with Crippen LogP contribution < -0.4 is 4.74 Å². The van der Waals surface area contributed by atoms with Gasteiger partial charge in [0.15, 0.2) is 0 Å². The molecule has 2 rings (SSSR count). The van der Waals surface area contributed by atoms with Crippen LogP contribution in [-0.4, -0.2) is 31.6 Å². The largest absolute Gasteiger partial charge is 0.489 e. The highest BCUT2D eigenvalue weighted by molar-refractivity contribution is 5.34. The van der Waals surface area contributed by atoms with Gasteiger partial charge in [-0.3, -0.25) is 0 Å². The van der Waals surface area contributed by atoms with Crippen LogP contribution in [0.1, 0.15) is 18.9 Å². The first-order chi connectivity index (χ1) is 8.69. The van der Waals surface area contributed by atoms with Gasteiger partial charge in [0.2, 0.25) is 0 Å². The van der Waals surface area contributed by atoms with Crippen LogP contribution in [0.4, 0.5) is 4.39 Å². The van der Waals surface area contributed by atoms with E-state index < -0.39 is 0 Å². The molecule has 98 valence electrons. The molecule has 1 aliphatic heterocycles. The predicted molar refractivity (Wildman–Crippen MR) is 71.5 cm³/mol. The zero-order valence-corrected chi connectivity index (χ0v) is 11.1. The van der Waals surface area contributed by atoms with E-state index in [1.54, 1.807) is 12.1 Å². The Balaban J connectivity index is 1.99. The zero-order valence-electron chi connectivity index (χ0n) is 11.1. The molecule has 0 amide bonds. The zero-order chi connectivity index (χ0) is 13.0. The first-order valence-corrected chi connectivity index (χ1v) is 6.46. The van der Waals surface area contributed by atoms with E-state index in [-0.39, 0.29) is 5.82 Å². The smallest absolute Gasteiger partial charge is 0.123 e. The minimum atomic E-state index is -0.198. The van der Waals surface area contributed by atoms with Gasteiger partial charge in [-0.15, -0.1) is 0 Å². The number of hydrogen-bond acceptors (Lipinski definition) is 2. The van der Waals surface area contributed by atoms with E-state index in [0.717, 1.165) is 37.2 Å². The van der Waals surface area contributed by atoms with Gasteiger partial charge >= 0.3 is 0 Å². The fourth-order valence-corrected chi connectivity index (χ4v) is 2.22. The van der Waals surface area contributed by atoms with Gasteiger partial charge < -0.3 is 9.64 Å². The summed E-state index contributed by atoms with van der Waals surface area (Å²) >= 11 is 0. The molecule has 0 saturated carbocycles. The summed E-state index contributed by atoms with van der Waals surface area (Å²) in [6.07, 6.45) is 4.11. The summed E-state index contributed by atoms with van der Waals surface area (Å²) in [5.41, 5.74) is 2.23. The van der Waals surface area contributed by atoms with Crippen molar-refractivity contribution in [3.63, 3.8) is 0 Å². The van der Waals surface area contributed by atoms with E-state index in [9.17, 15) is 4.39 Å². The Hall–Kier alpha value is -1.35. The van der Waals surface area contributed by atoms with Crippen LogP contribution >= 0.6 is 0 Å². The average Bonchev–Trinajstić information content (AvgIpc) is 2.37. The summed E-state index contributed by atoms with van der Waals surface area (Å²) in [4.78, 5) is 2.28. The van der Waals surface area contributed by atoms with Crippen molar-refractivity contribution in [2.24, 2.45) is 0 Å². The van der Waals surface area contributed by atoms with E-state index in [1.165, 1.54) is 11.6 Å². The maximum atomic E-state index is 13.1. The molecule has 0 aromatic heterocycles. The van der Waals surface area contributed by atoms with E-state index in [1.807, 2.05) is 6.92 Å². The second-order valence-corrected chi connectivity index (χ2v) is 4.78.